The van der Waals surface area contributed by atoms with Crippen molar-refractivity contribution < 1.29 is 29.9 Å². The molecule has 0 aromatic carbocycles. The second-order valence-electron chi connectivity index (χ2n) is 5.03. The number of aliphatic hydroxyl groups is 4. The molecule has 1 aliphatic heterocycles. The van der Waals surface area contributed by atoms with E-state index >= 15 is 0 Å². The molecule has 4 N–H and O–H groups in total. The lowest BCUT2D eigenvalue weighted by Crippen LogP contribution is -2.58. The molecule has 5 atom stereocenters. The van der Waals surface area contributed by atoms with Crippen LogP contribution in [0.25, 0.3) is 0 Å². The first-order chi connectivity index (χ1) is 9.07. The maximum atomic E-state index is 9.67. The molecule has 1 aliphatic rings. The quantitative estimate of drug-likeness (QED) is 0.458. The average molecular weight is 278 g/mol. The Kier molecular flexibility index (Phi) is 7.82. The number of hydrogen-bond acceptors (Lipinski definition) is 6. The molecule has 114 valence electrons. The molecule has 0 unspecified atom stereocenters. The average Bonchev–Trinajstić information content (AvgIpc) is 2.41. The van der Waals surface area contributed by atoms with E-state index < -0.39 is 30.7 Å². The minimum Gasteiger partial charge on any atom is -0.387 e. The van der Waals surface area contributed by atoms with Crippen molar-refractivity contribution in [3.8, 4) is 0 Å². The molecule has 0 aromatic rings. The van der Waals surface area contributed by atoms with Gasteiger partial charge in [-0.05, 0) is 6.42 Å². The fourth-order valence-electron chi connectivity index (χ4n) is 2.08. The molecule has 0 aliphatic carbocycles. The maximum absolute atomic E-state index is 9.67. The Morgan fingerprint density at radius 3 is 2.26 bits per heavy atom. The SMILES string of the molecule is CCCCCCCOC[C@H]1O[C@H](O)[C@H](O)[C@@H](O)[C@H]1O. The van der Waals surface area contributed by atoms with Gasteiger partial charge in [-0.3, -0.25) is 0 Å². The fraction of sp³-hybridized carbons (Fsp3) is 1.00. The largest absolute Gasteiger partial charge is 0.387 e. The monoisotopic (exact) mass is 278 g/mol. The Labute approximate surface area is 114 Å². The number of rotatable bonds is 8. The van der Waals surface area contributed by atoms with Gasteiger partial charge in [-0.2, -0.15) is 0 Å². The summed E-state index contributed by atoms with van der Waals surface area (Å²) in [4.78, 5) is 0. The Balaban J connectivity index is 2.15. The van der Waals surface area contributed by atoms with E-state index in [0.717, 1.165) is 12.8 Å². The molecule has 0 radical (unpaired) electrons. The third-order valence-corrected chi connectivity index (χ3v) is 3.36. The summed E-state index contributed by atoms with van der Waals surface area (Å²) in [6.45, 7) is 2.81. The van der Waals surface area contributed by atoms with Gasteiger partial charge in [0, 0.05) is 6.61 Å². The lowest BCUT2D eigenvalue weighted by molar-refractivity contribution is -0.288. The minimum atomic E-state index is -1.49. The molecule has 0 spiro atoms. The highest BCUT2D eigenvalue weighted by molar-refractivity contribution is 4.88. The smallest absolute Gasteiger partial charge is 0.184 e. The minimum absolute atomic E-state index is 0.0930. The molecule has 0 saturated carbocycles. The van der Waals surface area contributed by atoms with Crippen LogP contribution in [0, 0.1) is 0 Å². The van der Waals surface area contributed by atoms with Gasteiger partial charge in [0.2, 0.25) is 0 Å². The van der Waals surface area contributed by atoms with Gasteiger partial charge in [0.05, 0.1) is 6.61 Å². The molecule has 0 amide bonds. The second kappa shape index (κ2) is 8.84. The van der Waals surface area contributed by atoms with Gasteiger partial charge >= 0.3 is 0 Å². The van der Waals surface area contributed by atoms with Gasteiger partial charge in [-0.1, -0.05) is 32.6 Å². The van der Waals surface area contributed by atoms with E-state index in [9.17, 15) is 20.4 Å². The molecular formula is C13H26O6. The highest BCUT2D eigenvalue weighted by Gasteiger charge is 2.42. The van der Waals surface area contributed by atoms with Crippen LogP contribution in [0.1, 0.15) is 39.0 Å². The van der Waals surface area contributed by atoms with Crippen molar-refractivity contribution in [2.24, 2.45) is 0 Å². The Morgan fingerprint density at radius 1 is 0.895 bits per heavy atom. The van der Waals surface area contributed by atoms with Gasteiger partial charge in [-0.15, -0.1) is 0 Å². The Bertz CT molecular complexity index is 237. The highest BCUT2D eigenvalue weighted by Crippen LogP contribution is 2.20. The standard InChI is InChI=1S/C13H26O6/c1-2-3-4-5-6-7-18-8-9-10(14)11(15)12(16)13(17)19-9/h9-17H,2-8H2,1H3/t9-,10+,11+,12-,13+/m1/s1. The second-order valence-corrected chi connectivity index (χ2v) is 5.03. The Hall–Kier alpha value is -0.240. The first kappa shape index (κ1) is 16.8. The zero-order valence-electron chi connectivity index (χ0n) is 11.4. The molecule has 0 aromatic heterocycles. The number of hydrogen-bond donors (Lipinski definition) is 4. The number of aliphatic hydroxyl groups excluding tert-OH is 4. The van der Waals surface area contributed by atoms with Crippen LogP contribution in [0.4, 0.5) is 0 Å². The summed E-state index contributed by atoms with van der Waals surface area (Å²) < 4.78 is 10.4. The molecule has 6 heteroatoms. The predicted octanol–water partition coefficient (Wildman–Crippen LogP) is -0.227. The van der Waals surface area contributed by atoms with E-state index in [2.05, 4.69) is 6.92 Å². The van der Waals surface area contributed by atoms with Crippen LogP contribution >= 0.6 is 0 Å². The normalized spacial score (nSPS) is 35.5. The third kappa shape index (κ3) is 5.33. The first-order valence-corrected chi connectivity index (χ1v) is 7.03. The summed E-state index contributed by atoms with van der Waals surface area (Å²) in [5, 5.41) is 37.8. The van der Waals surface area contributed by atoms with Crippen LogP contribution in [-0.4, -0.2) is 64.3 Å². The van der Waals surface area contributed by atoms with Gasteiger partial charge in [-0.25, -0.2) is 0 Å². The van der Waals surface area contributed by atoms with Gasteiger partial charge in [0.1, 0.15) is 24.4 Å². The van der Waals surface area contributed by atoms with E-state index in [4.69, 9.17) is 9.47 Å². The molecule has 1 fully saturated rings. The van der Waals surface area contributed by atoms with Crippen LogP contribution in [-0.2, 0) is 9.47 Å². The van der Waals surface area contributed by atoms with E-state index in [-0.39, 0.29) is 6.61 Å². The Morgan fingerprint density at radius 2 is 1.58 bits per heavy atom. The molecule has 1 heterocycles. The van der Waals surface area contributed by atoms with Crippen molar-refractivity contribution in [3.63, 3.8) is 0 Å². The van der Waals surface area contributed by atoms with Crippen molar-refractivity contribution in [2.75, 3.05) is 13.2 Å². The van der Waals surface area contributed by atoms with Crippen molar-refractivity contribution in [3.05, 3.63) is 0 Å². The van der Waals surface area contributed by atoms with Gasteiger partial charge in [0.15, 0.2) is 6.29 Å². The summed E-state index contributed by atoms with van der Waals surface area (Å²) in [6.07, 6.45) is -0.808. The van der Waals surface area contributed by atoms with Crippen molar-refractivity contribution in [2.45, 2.75) is 69.7 Å². The van der Waals surface area contributed by atoms with Gasteiger partial charge in [0.25, 0.3) is 0 Å². The zero-order valence-corrected chi connectivity index (χ0v) is 11.4. The maximum Gasteiger partial charge on any atom is 0.184 e. The lowest BCUT2D eigenvalue weighted by atomic mass is 9.99. The summed E-state index contributed by atoms with van der Waals surface area (Å²) >= 11 is 0. The van der Waals surface area contributed by atoms with E-state index in [0.29, 0.717) is 6.61 Å². The van der Waals surface area contributed by atoms with Crippen LogP contribution in [0.15, 0.2) is 0 Å². The first-order valence-electron chi connectivity index (χ1n) is 7.03. The predicted molar refractivity (Wildman–Crippen MR) is 68.5 cm³/mol. The van der Waals surface area contributed by atoms with E-state index in [1.165, 1.54) is 19.3 Å². The van der Waals surface area contributed by atoms with Crippen LogP contribution < -0.4 is 0 Å². The zero-order chi connectivity index (χ0) is 14.3. The summed E-state index contributed by atoms with van der Waals surface area (Å²) in [6, 6.07) is 0. The van der Waals surface area contributed by atoms with Gasteiger partial charge < -0.3 is 29.9 Å². The molecule has 6 nitrogen and oxygen atoms in total. The fourth-order valence-corrected chi connectivity index (χ4v) is 2.08. The van der Waals surface area contributed by atoms with Crippen LogP contribution in [0.2, 0.25) is 0 Å². The third-order valence-electron chi connectivity index (χ3n) is 3.36. The summed E-state index contributed by atoms with van der Waals surface area (Å²) in [7, 11) is 0. The lowest BCUT2D eigenvalue weighted by Gasteiger charge is -2.38. The highest BCUT2D eigenvalue weighted by atomic mass is 16.6. The van der Waals surface area contributed by atoms with E-state index in [1.807, 2.05) is 0 Å². The van der Waals surface area contributed by atoms with Crippen LogP contribution in [0.5, 0.6) is 0 Å². The van der Waals surface area contributed by atoms with E-state index in [1.54, 1.807) is 0 Å². The summed E-state index contributed by atoms with van der Waals surface area (Å²) in [5.74, 6) is 0. The molecule has 19 heavy (non-hydrogen) atoms. The molecular weight excluding hydrogens is 252 g/mol. The molecule has 1 rings (SSSR count). The van der Waals surface area contributed by atoms with Crippen molar-refractivity contribution >= 4 is 0 Å². The molecule has 0 bridgehead atoms. The number of ether oxygens (including phenoxy) is 2. The van der Waals surface area contributed by atoms with Crippen LogP contribution in [0.3, 0.4) is 0 Å². The van der Waals surface area contributed by atoms with Crippen molar-refractivity contribution in [1.29, 1.82) is 0 Å². The summed E-state index contributed by atoms with van der Waals surface area (Å²) in [5.41, 5.74) is 0. The number of unbranched alkanes of at least 4 members (excludes halogenated alkanes) is 4. The molecule has 1 saturated heterocycles. The van der Waals surface area contributed by atoms with Crippen molar-refractivity contribution in [1.82, 2.24) is 0 Å². The topological polar surface area (TPSA) is 99.4 Å².